The zero-order chi connectivity index (χ0) is 10.0. The molecule has 0 aliphatic heterocycles. The molecule has 2 nitrogen and oxygen atoms in total. The summed E-state index contributed by atoms with van der Waals surface area (Å²) in [6.45, 7) is 4.18. The Morgan fingerprint density at radius 3 is 2.79 bits per heavy atom. The van der Waals surface area contributed by atoms with Crippen molar-refractivity contribution in [1.29, 1.82) is 0 Å². The predicted molar refractivity (Wildman–Crippen MR) is 58.3 cm³/mol. The van der Waals surface area contributed by atoms with E-state index in [2.05, 4.69) is 12.2 Å². The zero-order valence-electron chi connectivity index (χ0n) is 9.51. The molecule has 0 heterocycles. The molecule has 2 aliphatic carbocycles. The van der Waals surface area contributed by atoms with Crippen molar-refractivity contribution >= 4 is 0 Å². The second-order valence-corrected chi connectivity index (χ2v) is 5.02. The summed E-state index contributed by atoms with van der Waals surface area (Å²) >= 11 is 0. The van der Waals surface area contributed by atoms with E-state index in [-0.39, 0.29) is 5.60 Å². The van der Waals surface area contributed by atoms with E-state index in [0.29, 0.717) is 0 Å². The molecule has 2 fully saturated rings. The number of rotatable bonds is 5. The van der Waals surface area contributed by atoms with Crippen LogP contribution in [0.4, 0.5) is 0 Å². The molecular formula is C12H23NO. The topological polar surface area (TPSA) is 21.3 Å². The number of likely N-dealkylation sites (N-methyl/N-ethyl adjacent to an activating group) is 1. The van der Waals surface area contributed by atoms with Gasteiger partial charge in [0.15, 0.2) is 0 Å². The zero-order valence-corrected chi connectivity index (χ0v) is 9.51. The van der Waals surface area contributed by atoms with Crippen molar-refractivity contribution < 1.29 is 4.74 Å². The maximum absolute atomic E-state index is 6.15. The van der Waals surface area contributed by atoms with E-state index < -0.39 is 0 Å². The minimum atomic E-state index is 0.202. The Morgan fingerprint density at radius 2 is 2.29 bits per heavy atom. The van der Waals surface area contributed by atoms with Gasteiger partial charge in [-0.15, -0.1) is 0 Å². The fourth-order valence-electron chi connectivity index (χ4n) is 3.44. The summed E-state index contributed by atoms with van der Waals surface area (Å²) in [4.78, 5) is 0. The molecule has 0 aromatic carbocycles. The molecule has 0 amide bonds. The Hall–Kier alpha value is -0.0800. The van der Waals surface area contributed by atoms with Crippen LogP contribution in [0.5, 0.6) is 0 Å². The van der Waals surface area contributed by atoms with E-state index in [4.69, 9.17) is 4.74 Å². The average Bonchev–Trinajstić information content (AvgIpc) is 2.75. The Bertz CT molecular complexity index is 195. The van der Waals surface area contributed by atoms with Crippen LogP contribution in [0.1, 0.15) is 39.0 Å². The molecule has 3 atom stereocenters. The van der Waals surface area contributed by atoms with Crippen LogP contribution in [0.3, 0.4) is 0 Å². The van der Waals surface area contributed by atoms with Crippen molar-refractivity contribution in [1.82, 2.24) is 5.32 Å². The summed E-state index contributed by atoms with van der Waals surface area (Å²) in [6, 6.07) is 0. The van der Waals surface area contributed by atoms with Gasteiger partial charge in [0, 0.05) is 13.2 Å². The normalized spacial score (nSPS) is 40.7. The molecule has 2 bridgehead atoms. The molecule has 2 rings (SSSR count). The average molecular weight is 197 g/mol. The van der Waals surface area contributed by atoms with Gasteiger partial charge in [-0.1, -0.05) is 6.92 Å². The van der Waals surface area contributed by atoms with Crippen LogP contribution in [0.2, 0.25) is 0 Å². The molecule has 14 heavy (non-hydrogen) atoms. The number of nitrogens with one attached hydrogen (secondary N) is 1. The van der Waals surface area contributed by atoms with Crippen molar-refractivity contribution in [3.8, 4) is 0 Å². The Balaban J connectivity index is 1.99. The van der Waals surface area contributed by atoms with Gasteiger partial charge in [0.1, 0.15) is 0 Å². The molecule has 2 saturated carbocycles. The number of ether oxygens (including phenoxy) is 1. The monoisotopic (exact) mass is 197 g/mol. The second-order valence-electron chi connectivity index (χ2n) is 5.02. The van der Waals surface area contributed by atoms with Crippen molar-refractivity contribution in [3.05, 3.63) is 0 Å². The van der Waals surface area contributed by atoms with Crippen molar-refractivity contribution in [2.75, 3.05) is 20.2 Å². The summed E-state index contributed by atoms with van der Waals surface area (Å²) in [5, 5.41) is 3.32. The summed E-state index contributed by atoms with van der Waals surface area (Å²) in [7, 11) is 2.04. The quantitative estimate of drug-likeness (QED) is 0.729. The summed E-state index contributed by atoms with van der Waals surface area (Å²) in [6.07, 6.45) is 6.72. The van der Waals surface area contributed by atoms with Crippen LogP contribution in [0.15, 0.2) is 0 Å². The first-order valence-corrected chi connectivity index (χ1v) is 6.09. The standard InChI is InChI=1S/C12H23NO/c1-3-6-14-12(9-13-2)8-10-4-5-11(12)7-10/h10-11,13H,3-9H2,1-2H3. The Kier molecular flexibility index (Phi) is 3.13. The van der Waals surface area contributed by atoms with Crippen molar-refractivity contribution in [3.63, 3.8) is 0 Å². The van der Waals surface area contributed by atoms with Gasteiger partial charge in [-0.05, 0) is 51.0 Å². The molecule has 3 unspecified atom stereocenters. The van der Waals surface area contributed by atoms with Crippen molar-refractivity contribution in [2.24, 2.45) is 11.8 Å². The van der Waals surface area contributed by atoms with Crippen LogP contribution >= 0.6 is 0 Å². The van der Waals surface area contributed by atoms with Gasteiger partial charge in [0.25, 0.3) is 0 Å². The predicted octanol–water partition coefficient (Wildman–Crippen LogP) is 2.19. The lowest BCUT2D eigenvalue weighted by molar-refractivity contribution is -0.0802. The van der Waals surface area contributed by atoms with E-state index in [9.17, 15) is 0 Å². The van der Waals surface area contributed by atoms with Crippen LogP contribution in [0, 0.1) is 11.8 Å². The molecule has 0 aromatic heterocycles. The van der Waals surface area contributed by atoms with Crippen LogP contribution in [-0.2, 0) is 4.74 Å². The molecule has 0 aromatic rings. The second kappa shape index (κ2) is 4.19. The van der Waals surface area contributed by atoms with Gasteiger partial charge in [0.2, 0.25) is 0 Å². The van der Waals surface area contributed by atoms with Crippen LogP contribution in [0.25, 0.3) is 0 Å². The van der Waals surface area contributed by atoms with E-state index >= 15 is 0 Å². The van der Waals surface area contributed by atoms with Crippen molar-refractivity contribution in [2.45, 2.75) is 44.6 Å². The van der Waals surface area contributed by atoms with Crippen LogP contribution < -0.4 is 5.32 Å². The summed E-state index contributed by atoms with van der Waals surface area (Å²) in [5.74, 6) is 1.80. The largest absolute Gasteiger partial charge is 0.373 e. The molecule has 0 saturated heterocycles. The van der Waals surface area contributed by atoms with E-state index in [1.165, 1.54) is 25.7 Å². The third-order valence-corrected chi connectivity index (χ3v) is 3.99. The summed E-state index contributed by atoms with van der Waals surface area (Å²) < 4.78 is 6.15. The van der Waals surface area contributed by atoms with Gasteiger partial charge in [-0.3, -0.25) is 0 Å². The first-order chi connectivity index (χ1) is 6.80. The van der Waals surface area contributed by atoms with E-state index in [1.807, 2.05) is 7.05 Å². The molecule has 2 aliphatic rings. The SMILES string of the molecule is CCCOC1(CNC)CC2CCC1C2. The van der Waals surface area contributed by atoms with Gasteiger partial charge < -0.3 is 10.1 Å². The van der Waals surface area contributed by atoms with Gasteiger partial charge in [-0.25, -0.2) is 0 Å². The smallest absolute Gasteiger partial charge is 0.0836 e. The van der Waals surface area contributed by atoms with Gasteiger partial charge in [0.05, 0.1) is 5.60 Å². The minimum absolute atomic E-state index is 0.202. The fraction of sp³-hybridized carbons (Fsp3) is 1.00. The first kappa shape index (κ1) is 10.4. The molecule has 2 heteroatoms. The van der Waals surface area contributed by atoms with Gasteiger partial charge >= 0.3 is 0 Å². The highest BCUT2D eigenvalue weighted by molar-refractivity contribution is 5.03. The lowest BCUT2D eigenvalue weighted by Gasteiger charge is -2.37. The Morgan fingerprint density at radius 1 is 1.43 bits per heavy atom. The maximum atomic E-state index is 6.15. The Labute approximate surface area is 87.4 Å². The third-order valence-electron chi connectivity index (χ3n) is 3.99. The van der Waals surface area contributed by atoms with E-state index in [0.717, 1.165) is 31.4 Å². The lowest BCUT2D eigenvalue weighted by atomic mass is 9.84. The number of hydrogen-bond acceptors (Lipinski definition) is 2. The highest BCUT2D eigenvalue weighted by atomic mass is 16.5. The lowest BCUT2D eigenvalue weighted by Crippen LogP contribution is -2.46. The number of fused-ring (bicyclic) bond motifs is 2. The van der Waals surface area contributed by atoms with E-state index in [1.54, 1.807) is 0 Å². The minimum Gasteiger partial charge on any atom is -0.373 e. The fourth-order valence-corrected chi connectivity index (χ4v) is 3.44. The molecular weight excluding hydrogens is 174 g/mol. The highest BCUT2D eigenvalue weighted by Gasteiger charge is 2.51. The molecule has 0 spiro atoms. The maximum Gasteiger partial charge on any atom is 0.0836 e. The highest BCUT2D eigenvalue weighted by Crippen LogP contribution is 2.52. The first-order valence-electron chi connectivity index (χ1n) is 6.09. The third kappa shape index (κ3) is 1.70. The molecule has 0 radical (unpaired) electrons. The van der Waals surface area contributed by atoms with Gasteiger partial charge in [-0.2, -0.15) is 0 Å². The molecule has 82 valence electrons. The molecule has 1 N–H and O–H groups in total. The summed E-state index contributed by atoms with van der Waals surface area (Å²) in [5.41, 5.74) is 0.202. The number of hydrogen-bond donors (Lipinski definition) is 1. The van der Waals surface area contributed by atoms with Crippen LogP contribution in [-0.4, -0.2) is 25.8 Å².